The van der Waals surface area contributed by atoms with Gasteiger partial charge in [0.15, 0.2) is 11.3 Å². The van der Waals surface area contributed by atoms with Crippen LogP contribution in [0.25, 0.3) is 11.3 Å². The molecule has 0 fully saturated rings. The predicted octanol–water partition coefficient (Wildman–Crippen LogP) is 0.115. The third kappa shape index (κ3) is 1.41. The van der Waals surface area contributed by atoms with Gasteiger partial charge in [-0.2, -0.15) is 4.63 Å². The summed E-state index contributed by atoms with van der Waals surface area (Å²) in [5, 5.41) is 17.0. The second-order valence-electron chi connectivity index (χ2n) is 3.01. The number of rotatable bonds is 0. The second-order valence-corrected chi connectivity index (χ2v) is 3.01. The molecule has 8 heteroatoms. The van der Waals surface area contributed by atoms with Gasteiger partial charge in [0, 0.05) is 24.5 Å². The summed E-state index contributed by atoms with van der Waals surface area (Å²) in [6.07, 6.45) is 6.72. The molecule has 0 spiro atoms. The Kier molecular flexibility index (Phi) is 1.89. The lowest BCUT2D eigenvalue weighted by Crippen LogP contribution is -1.81. The zero-order valence-corrected chi connectivity index (χ0v) is 8.15. The van der Waals surface area contributed by atoms with Gasteiger partial charge in [0.2, 0.25) is 0 Å². The van der Waals surface area contributed by atoms with Crippen LogP contribution >= 0.6 is 0 Å². The molecule has 0 aliphatic rings. The van der Waals surface area contributed by atoms with E-state index in [1.54, 1.807) is 21.7 Å². The van der Waals surface area contributed by atoms with Crippen LogP contribution in [-0.2, 0) is 0 Å². The molecule has 4 aromatic heterocycles. The minimum atomic E-state index is 0.852. The average Bonchev–Trinajstić information content (AvgIpc) is 2.99. The lowest BCUT2D eigenvalue weighted by molar-refractivity contribution is 0.821. The van der Waals surface area contributed by atoms with Crippen LogP contribution in [0, 0.1) is 0 Å². The quantitative estimate of drug-likeness (QED) is 0.436. The third-order valence-corrected chi connectivity index (χ3v) is 2.02. The number of nitrogens with one attached hydrogen (secondary N) is 2. The van der Waals surface area contributed by atoms with Gasteiger partial charge in [0.25, 0.3) is 0 Å². The highest BCUT2D eigenvalue weighted by Gasteiger charge is 1.89. The molecule has 80 valence electrons. The lowest BCUT2D eigenvalue weighted by Gasteiger charge is -1.72. The molecule has 0 aliphatic heterocycles. The Morgan fingerprint density at radius 1 is 1.06 bits per heavy atom. The molecule has 0 amide bonds. The summed E-state index contributed by atoms with van der Waals surface area (Å²) in [7, 11) is 0. The molecule has 4 heterocycles. The number of aromatic nitrogens is 8. The van der Waals surface area contributed by atoms with Crippen LogP contribution in [0.15, 0.2) is 37.2 Å². The predicted molar refractivity (Wildman–Crippen MR) is 54.7 cm³/mol. The van der Waals surface area contributed by atoms with Gasteiger partial charge in [-0.05, 0) is 0 Å². The highest BCUT2D eigenvalue weighted by molar-refractivity contribution is 5.33. The van der Waals surface area contributed by atoms with Crippen LogP contribution in [0.5, 0.6) is 0 Å². The minimum absolute atomic E-state index is 0.852. The Labute approximate surface area is 88.9 Å². The normalized spacial score (nSPS) is 10.5. The molecule has 0 unspecified atom stereocenters. The number of hydrogen-bond acceptors (Lipinski definition) is 4. The highest BCUT2D eigenvalue weighted by atomic mass is 15.4. The molecule has 0 saturated heterocycles. The van der Waals surface area contributed by atoms with E-state index in [1.165, 1.54) is 6.33 Å². The van der Waals surface area contributed by atoms with E-state index in [0.717, 1.165) is 11.3 Å². The fourth-order valence-electron chi connectivity index (χ4n) is 1.30. The molecule has 0 bridgehead atoms. The Hall–Kier alpha value is -2.64. The zero-order chi connectivity index (χ0) is 10.8. The fourth-order valence-corrected chi connectivity index (χ4v) is 1.30. The first-order valence-corrected chi connectivity index (χ1v) is 4.60. The van der Waals surface area contributed by atoms with Crippen molar-refractivity contribution in [2.45, 2.75) is 0 Å². The maximum absolute atomic E-state index is 3.90. The summed E-state index contributed by atoms with van der Waals surface area (Å²) in [4.78, 5) is 3.90. The smallest absolute Gasteiger partial charge is 0.176 e. The summed E-state index contributed by atoms with van der Waals surface area (Å²) in [6.45, 7) is 0. The number of aromatic amines is 2. The van der Waals surface area contributed by atoms with Crippen molar-refractivity contribution in [2.75, 3.05) is 0 Å². The van der Waals surface area contributed by atoms with Crippen LogP contribution in [0.3, 0.4) is 0 Å². The SMILES string of the molecule is c1cc2nncn2[nH]1.c1nc2cc[nH]n2n1. The Balaban J connectivity index is 0.000000101. The standard InChI is InChI=1S/2C4H4N4/c1-2-6-8-3-5-7-4(1)8;1-2-6-8-4(1)5-3-7-8/h2*1-3,6H. The van der Waals surface area contributed by atoms with Crippen molar-refractivity contribution >= 4 is 11.3 Å². The van der Waals surface area contributed by atoms with Gasteiger partial charge in [0.1, 0.15) is 12.7 Å². The second kappa shape index (κ2) is 3.50. The molecule has 0 atom stereocenters. The van der Waals surface area contributed by atoms with E-state index >= 15 is 0 Å². The van der Waals surface area contributed by atoms with Crippen molar-refractivity contribution in [3.8, 4) is 0 Å². The molecule has 0 saturated carbocycles. The van der Waals surface area contributed by atoms with Crippen LogP contribution in [-0.4, -0.2) is 39.6 Å². The summed E-state index contributed by atoms with van der Waals surface area (Å²) < 4.78 is 3.33. The van der Waals surface area contributed by atoms with Crippen molar-refractivity contribution in [3.05, 3.63) is 37.2 Å². The van der Waals surface area contributed by atoms with Gasteiger partial charge < -0.3 is 0 Å². The highest BCUT2D eigenvalue weighted by Crippen LogP contribution is 1.91. The topological polar surface area (TPSA) is 92.0 Å². The molecule has 16 heavy (non-hydrogen) atoms. The summed E-state index contributed by atoms with van der Waals surface area (Å²) in [6, 6.07) is 3.71. The third-order valence-electron chi connectivity index (χ3n) is 2.02. The van der Waals surface area contributed by atoms with Crippen molar-refractivity contribution in [3.63, 3.8) is 0 Å². The van der Waals surface area contributed by atoms with Crippen LogP contribution < -0.4 is 0 Å². The maximum Gasteiger partial charge on any atom is 0.176 e. The van der Waals surface area contributed by atoms with E-state index in [0.29, 0.717) is 0 Å². The largest absolute Gasteiger partial charge is 0.299 e. The number of fused-ring (bicyclic) bond motifs is 2. The molecule has 4 aromatic rings. The average molecular weight is 216 g/mol. The van der Waals surface area contributed by atoms with E-state index in [1.807, 2.05) is 18.3 Å². The van der Waals surface area contributed by atoms with Crippen molar-refractivity contribution < 1.29 is 0 Å². The fraction of sp³-hybridized carbons (Fsp3) is 0. The molecular weight excluding hydrogens is 208 g/mol. The van der Waals surface area contributed by atoms with Crippen molar-refractivity contribution in [1.82, 2.24) is 39.6 Å². The molecule has 4 rings (SSSR count). The molecule has 0 radical (unpaired) electrons. The van der Waals surface area contributed by atoms with Crippen LogP contribution in [0.2, 0.25) is 0 Å². The van der Waals surface area contributed by atoms with Gasteiger partial charge in [-0.15, -0.1) is 15.3 Å². The zero-order valence-electron chi connectivity index (χ0n) is 8.15. The van der Waals surface area contributed by atoms with Gasteiger partial charge in [-0.3, -0.25) is 10.2 Å². The maximum atomic E-state index is 3.90. The summed E-state index contributed by atoms with van der Waals surface area (Å²) in [5.74, 6) is 0. The number of nitrogens with zero attached hydrogens (tertiary/aromatic N) is 6. The number of H-pyrrole nitrogens is 2. The van der Waals surface area contributed by atoms with Crippen LogP contribution in [0.4, 0.5) is 0 Å². The van der Waals surface area contributed by atoms with Gasteiger partial charge in [0.05, 0.1) is 0 Å². The summed E-state index contributed by atoms with van der Waals surface area (Å²) >= 11 is 0. The molecule has 0 aromatic carbocycles. The van der Waals surface area contributed by atoms with E-state index in [4.69, 9.17) is 0 Å². The Bertz CT molecular complexity index is 519. The lowest BCUT2D eigenvalue weighted by atomic mass is 10.7. The Morgan fingerprint density at radius 3 is 2.81 bits per heavy atom. The van der Waals surface area contributed by atoms with E-state index < -0.39 is 0 Å². The number of hydrogen-bond donors (Lipinski definition) is 2. The van der Waals surface area contributed by atoms with Gasteiger partial charge in [-0.25, -0.2) is 9.50 Å². The summed E-state index contributed by atoms with van der Waals surface area (Å²) in [5.41, 5.74) is 1.70. The Morgan fingerprint density at radius 2 is 1.94 bits per heavy atom. The van der Waals surface area contributed by atoms with E-state index in [2.05, 4.69) is 30.5 Å². The van der Waals surface area contributed by atoms with Crippen molar-refractivity contribution in [1.29, 1.82) is 0 Å². The van der Waals surface area contributed by atoms with Gasteiger partial charge >= 0.3 is 0 Å². The monoisotopic (exact) mass is 216 g/mol. The molecular formula is C8H8N8. The first kappa shape index (κ1) is 8.65. The van der Waals surface area contributed by atoms with Gasteiger partial charge in [-0.1, -0.05) is 0 Å². The van der Waals surface area contributed by atoms with Crippen molar-refractivity contribution in [2.24, 2.45) is 0 Å². The first-order chi connectivity index (χ1) is 7.93. The molecule has 8 nitrogen and oxygen atoms in total. The van der Waals surface area contributed by atoms with Crippen LogP contribution in [0.1, 0.15) is 0 Å². The minimum Gasteiger partial charge on any atom is -0.299 e. The molecule has 0 aliphatic carbocycles. The molecule has 2 N–H and O–H groups in total. The van der Waals surface area contributed by atoms with E-state index in [9.17, 15) is 0 Å². The van der Waals surface area contributed by atoms with E-state index in [-0.39, 0.29) is 0 Å². The first-order valence-electron chi connectivity index (χ1n) is 4.60.